The summed E-state index contributed by atoms with van der Waals surface area (Å²) in [5.41, 5.74) is 2.73. The number of hydrogen-bond donors (Lipinski definition) is 1. The predicted molar refractivity (Wildman–Crippen MR) is 82.1 cm³/mol. The molecule has 1 N–H and O–H groups in total. The summed E-state index contributed by atoms with van der Waals surface area (Å²) in [6.07, 6.45) is 3.60. The second-order valence-electron chi connectivity index (χ2n) is 5.30. The van der Waals surface area contributed by atoms with Crippen LogP contribution in [0.5, 0.6) is 5.75 Å². The van der Waals surface area contributed by atoms with E-state index in [1.165, 1.54) is 30.4 Å². The Hall–Kier alpha value is -1.80. The maximum Gasteiger partial charge on any atom is 0.124 e. The van der Waals surface area contributed by atoms with Crippen molar-refractivity contribution >= 4 is 0 Å². The van der Waals surface area contributed by atoms with Gasteiger partial charge in [-0.15, -0.1) is 0 Å². The van der Waals surface area contributed by atoms with E-state index in [2.05, 4.69) is 47.8 Å². The minimum absolute atomic E-state index is 0.364. The number of para-hydroxylation sites is 1. The van der Waals surface area contributed by atoms with Gasteiger partial charge in [0.2, 0.25) is 0 Å². The Morgan fingerprint density at radius 1 is 0.950 bits per heavy atom. The molecule has 2 aromatic rings. The van der Waals surface area contributed by atoms with Crippen LogP contribution in [0.25, 0.3) is 0 Å². The summed E-state index contributed by atoms with van der Waals surface area (Å²) in [5, 5.41) is 3.60. The van der Waals surface area contributed by atoms with Crippen LogP contribution in [0.4, 0.5) is 0 Å². The lowest BCUT2D eigenvalue weighted by molar-refractivity contribution is 0.310. The van der Waals surface area contributed by atoms with Crippen molar-refractivity contribution < 1.29 is 4.74 Å². The summed E-state index contributed by atoms with van der Waals surface area (Å²) in [4.78, 5) is 0. The highest BCUT2D eigenvalue weighted by Gasteiger charge is 2.22. The first-order valence-corrected chi connectivity index (χ1v) is 7.42. The van der Waals surface area contributed by atoms with Crippen LogP contribution in [0.3, 0.4) is 0 Å². The highest BCUT2D eigenvalue weighted by atomic mass is 16.5. The van der Waals surface area contributed by atoms with Crippen LogP contribution >= 0.6 is 0 Å². The van der Waals surface area contributed by atoms with Gasteiger partial charge in [-0.25, -0.2) is 0 Å². The first-order valence-electron chi connectivity index (χ1n) is 7.42. The number of aryl methyl sites for hydroxylation is 1. The second kappa shape index (κ2) is 6.58. The van der Waals surface area contributed by atoms with Gasteiger partial charge in [0.25, 0.3) is 0 Å². The van der Waals surface area contributed by atoms with Gasteiger partial charge in [0.1, 0.15) is 12.4 Å². The van der Waals surface area contributed by atoms with E-state index in [1.807, 2.05) is 12.1 Å². The molecule has 1 heterocycles. The molecular weight excluding hydrogens is 246 g/mol. The third kappa shape index (κ3) is 3.20. The van der Waals surface area contributed by atoms with Crippen molar-refractivity contribution in [3.8, 4) is 5.75 Å². The lowest BCUT2D eigenvalue weighted by Crippen LogP contribution is -2.23. The highest BCUT2D eigenvalue weighted by Crippen LogP contribution is 2.31. The third-order valence-electron chi connectivity index (χ3n) is 3.83. The molecule has 1 atom stereocenters. The maximum atomic E-state index is 5.67. The number of hydrogen-bond acceptors (Lipinski definition) is 2. The monoisotopic (exact) mass is 267 g/mol. The van der Waals surface area contributed by atoms with E-state index in [1.54, 1.807) is 0 Å². The molecule has 3 rings (SSSR count). The molecule has 0 saturated heterocycles. The Morgan fingerprint density at radius 2 is 1.75 bits per heavy atom. The van der Waals surface area contributed by atoms with Crippen LogP contribution in [0.15, 0.2) is 54.6 Å². The number of nitrogens with one attached hydrogen (secondary N) is 1. The Balaban J connectivity index is 1.39. The molecule has 1 aliphatic rings. The van der Waals surface area contributed by atoms with Crippen LogP contribution in [-0.4, -0.2) is 13.2 Å². The molecule has 2 nitrogen and oxygen atoms in total. The maximum absolute atomic E-state index is 5.67. The van der Waals surface area contributed by atoms with Gasteiger partial charge in [-0.2, -0.15) is 0 Å². The SMILES string of the molecule is c1ccc(CCCCNC2COc3ccccc32)cc1. The molecule has 0 aromatic heterocycles. The molecular formula is C18H21NO. The fourth-order valence-electron chi connectivity index (χ4n) is 2.71. The first-order chi connectivity index (χ1) is 9.93. The van der Waals surface area contributed by atoms with Gasteiger partial charge in [0.05, 0.1) is 6.04 Å². The molecule has 0 saturated carbocycles. The van der Waals surface area contributed by atoms with Crippen molar-refractivity contribution in [2.24, 2.45) is 0 Å². The first kappa shape index (κ1) is 13.2. The summed E-state index contributed by atoms with van der Waals surface area (Å²) < 4.78 is 5.67. The molecule has 1 unspecified atom stereocenters. The van der Waals surface area contributed by atoms with E-state index in [4.69, 9.17) is 4.74 Å². The van der Waals surface area contributed by atoms with Crippen molar-refractivity contribution in [3.63, 3.8) is 0 Å². The van der Waals surface area contributed by atoms with E-state index >= 15 is 0 Å². The Labute approximate surface area is 120 Å². The molecule has 0 aliphatic carbocycles. The molecule has 0 radical (unpaired) electrons. The van der Waals surface area contributed by atoms with Crippen LogP contribution in [0.2, 0.25) is 0 Å². The fraction of sp³-hybridized carbons (Fsp3) is 0.333. The molecule has 2 heteroatoms. The number of fused-ring (bicyclic) bond motifs is 1. The van der Waals surface area contributed by atoms with E-state index < -0.39 is 0 Å². The van der Waals surface area contributed by atoms with Crippen molar-refractivity contribution in [1.29, 1.82) is 0 Å². The minimum Gasteiger partial charge on any atom is -0.491 e. The zero-order valence-electron chi connectivity index (χ0n) is 11.7. The largest absolute Gasteiger partial charge is 0.491 e. The summed E-state index contributed by atoms with van der Waals surface area (Å²) in [6.45, 7) is 1.81. The fourth-order valence-corrected chi connectivity index (χ4v) is 2.71. The van der Waals surface area contributed by atoms with Gasteiger partial charge in [0.15, 0.2) is 0 Å². The third-order valence-corrected chi connectivity index (χ3v) is 3.83. The molecule has 104 valence electrons. The van der Waals surface area contributed by atoms with E-state index in [-0.39, 0.29) is 0 Å². The van der Waals surface area contributed by atoms with Gasteiger partial charge in [-0.05, 0) is 37.4 Å². The van der Waals surface area contributed by atoms with Gasteiger partial charge in [-0.1, -0.05) is 48.5 Å². The second-order valence-corrected chi connectivity index (χ2v) is 5.30. The molecule has 2 aromatic carbocycles. The van der Waals surface area contributed by atoms with Crippen LogP contribution in [0, 0.1) is 0 Å². The van der Waals surface area contributed by atoms with Gasteiger partial charge in [0, 0.05) is 5.56 Å². The standard InChI is InChI=1S/C18H21NO/c1-2-8-15(9-3-1)10-6-7-13-19-17-14-20-18-12-5-4-11-16(17)18/h1-5,8-9,11-12,17,19H,6-7,10,13-14H2. The normalized spacial score (nSPS) is 16.7. The van der Waals surface area contributed by atoms with Crippen molar-refractivity contribution in [3.05, 3.63) is 65.7 Å². The van der Waals surface area contributed by atoms with Crippen molar-refractivity contribution in [1.82, 2.24) is 5.32 Å². The average Bonchev–Trinajstić information content (AvgIpc) is 2.91. The van der Waals surface area contributed by atoms with Gasteiger partial charge in [-0.3, -0.25) is 0 Å². The Morgan fingerprint density at radius 3 is 2.65 bits per heavy atom. The topological polar surface area (TPSA) is 21.3 Å². The molecule has 20 heavy (non-hydrogen) atoms. The molecule has 0 spiro atoms. The summed E-state index contributed by atoms with van der Waals surface area (Å²) in [6, 6.07) is 19.4. The lowest BCUT2D eigenvalue weighted by Gasteiger charge is -2.11. The predicted octanol–water partition coefficient (Wildman–Crippen LogP) is 3.73. The van der Waals surface area contributed by atoms with Gasteiger partial charge < -0.3 is 10.1 Å². The zero-order valence-corrected chi connectivity index (χ0v) is 11.7. The summed E-state index contributed by atoms with van der Waals surface area (Å²) in [5.74, 6) is 1.04. The number of unbranched alkanes of at least 4 members (excludes halogenated alkanes) is 1. The molecule has 0 bridgehead atoms. The van der Waals surface area contributed by atoms with Crippen molar-refractivity contribution in [2.75, 3.05) is 13.2 Å². The number of ether oxygens (including phenoxy) is 1. The summed E-state index contributed by atoms with van der Waals surface area (Å²) >= 11 is 0. The average molecular weight is 267 g/mol. The van der Waals surface area contributed by atoms with E-state index in [0.717, 1.165) is 18.9 Å². The van der Waals surface area contributed by atoms with Crippen molar-refractivity contribution in [2.45, 2.75) is 25.3 Å². The van der Waals surface area contributed by atoms with Crippen LogP contribution in [0.1, 0.15) is 30.0 Å². The van der Waals surface area contributed by atoms with Crippen LogP contribution in [-0.2, 0) is 6.42 Å². The Kier molecular flexibility index (Phi) is 4.34. The van der Waals surface area contributed by atoms with E-state index in [0.29, 0.717) is 6.04 Å². The number of benzene rings is 2. The molecule has 0 fully saturated rings. The molecule has 1 aliphatic heterocycles. The lowest BCUT2D eigenvalue weighted by atomic mass is 10.1. The number of rotatable bonds is 6. The van der Waals surface area contributed by atoms with Gasteiger partial charge >= 0.3 is 0 Å². The highest BCUT2D eigenvalue weighted by molar-refractivity contribution is 5.39. The van der Waals surface area contributed by atoms with Crippen LogP contribution < -0.4 is 10.1 Å². The Bertz CT molecular complexity index is 538. The zero-order chi connectivity index (χ0) is 13.6. The summed E-state index contributed by atoms with van der Waals surface area (Å²) in [7, 11) is 0. The smallest absolute Gasteiger partial charge is 0.124 e. The van der Waals surface area contributed by atoms with E-state index in [9.17, 15) is 0 Å². The minimum atomic E-state index is 0.364. The quantitative estimate of drug-likeness (QED) is 0.805. The molecule has 0 amide bonds.